The summed E-state index contributed by atoms with van der Waals surface area (Å²) in [5.41, 5.74) is 1.63. The predicted octanol–water partition coefficient (Wildman–Crippen LogP) is 4.52. The summed E-state index contributed by atoms with van der Waals surface area (Å²) in [5, 5.41) is -0.0837. The lowest BCUT2D eigenvalue weighted by atomic mass is 10.1. The lowest BCUT2D eigenvalue weighted by Gasteiger charge is -2.10. The normalized spacial score (nSPS) is 11.9. The van der Waals surface area contributed by atoms with Gasteiger partial charge in [0.25, 0.3) is 0 Å². The van der Waals surface area contributed by atoms with Gasteiger partial charge in [-0.3, -0.25) is 4.57 Å². The van der Waals surface area contributed by atoms with Crippen molar-refractivity contribution < 1.29 is 17.9 Å². The number of hydrogen-bond donors (Lipinski definition) is 0. The number of aryl methyl sites for hydroxylation is 1. The second-order valence-electron chi connectivity index (χ2n) is 4.49. The van der Waals surface area contributed by atoms with Crippen molar-refractivity contribution in [3.63, 3.8) is 0 Å². The lowest BCUT2D eigenvalue weighted by molar-refractivity contribution is -0.149. The fourth-order valence-corrected chi connectivity index (χ4v) is 2.13. The summed E-state index contributed by atoms with van der Waals surface area (Å²) in [5.74, 6) is -1.06. The SMILES string of the molecule is CCOCn1c(C(F)(F)F)nc(-c2ccc(C)cc2)c1Cl. The molecule has 21 heavy (non-hydrogen) atoms. The summed E-state index contributed by atoms with van der Waals surface area (Å²) >= 11 is 6.07. The van der Waals surface area contributed by atoms with E-state index in [1.165, 1.54) is 0 Å². The number of aromatic nitrogens is 2. The van der Waals surface area contributed by atoms with Crippen LogP contribution in [0.2, 0.25) is 5.15 Å². The molecule has 0 radical (unpaired) electrons. The molecule has 114 valence electrons. The van der Waals surface area contributed by atoms with Gasteiger partial charge in [0.05, 0.1) is 0 Å². The van der Waals surface area contributed by atoms with Gasteiger partial charge in [-0.25, -0.2) is 4.98 Å². The Labute approximate surface area is 125 Å². The highest BCUT2D eigenvalue weighted by molar-refractivity contribution is 6.32. The van der Waals surface area contributed by atoms with Gasteiger partial charge in [0.1, 0.15) is 17.6 Å². The largest absolute Gasteiger partial charge is 0.449 e. The van der Waals surface area contributed by atoms with E-state index in [0.717, 1.165) is 10.1 Å². The van der Waals surface area contributed by atoms with E-state index in [4.69, 9.17) is 16.3 Å². The highest BCUT2D eigenvalue weighted by Gasteiger charge is 2.39. The van der Waals surface area contributed by atoms with Gasteiger partial charge < -0.3 is 4.74 Å². The van der Waals surface area contributed by atoms with Crippen LogP contribution in [-0.4, -0.2) is 16.2 Å². The molecule has 1 aromatic carbocycles. The molecule has 2 aromatic rings. The average Bonchev–Trinajstić information content (AvgIpc) is 2.74. The molecule has 0 aliphatic carbocycles. The lowest BCUT2D eigenvalue weighted by Crippen LogP contribution is -2.16. The van der Waals surface area contributed by atoms with Gasteiger partial charge in [-0.15, -0.1) is 0 Å². The van der Waals surface area contributed by atoms with E-state index < -0.39 is 12.0 Å². The van der Waals surface area contributed by atoms with Crippen molar-refractivity contribution in [2.45, 2.75) is 26.8 Å². The number of imidazole rings is 1. The summed E-state index contributed by atoms with van der Waals surface area (Å²) in [7, 11) is 0. The molecule has 0 aliphatic heterocycles. The van der Waals surface area contributed by atoms with Gasteiger partial charge in [-0.1, -0.05) is 41.4 Å². The fraction of sp³-hybridized carbons (Fsp3) is 0.357. The number of halogens is 4. The van der Waals surface area contributed by atoms with Crippen LogP contribution < -0.4 is 0 Å². The number of ether oxygens (including phenoxy) is 1. The molecule has 0 N–H and O–H groups in total. The Bertz CT molecular complexity index is 620. The monoisotopic (exact) mass is 318 g/mol. The Hall–Kier alpha value is -1.53. The van der Waals surface area contributed by atoms with Crippen LogP contribution in [0.15, 0.2) is 24.3 Å². The van der Waals surface area contributed by atoms with E-state index in [1.807, 2.05) is 6.92 Å². The third-order valence-electron chi connectivity index (χ3n) is 2.91. The van der Waals surface area contributed by atoms with Crippen molar-refractivity contribution in [1.29, 1.82) is 0 Å². The van der Waals surface area contributed by atoms with Crippen molar-refractivity contribution in [3.8, 4) is 11.3 Å². The molecule has 7 heteroatoms. The van der Waals surface area contributed by atoms with Crippen LogP contribution in [0.25, 0.3) is 11.3 Å². The van der Waals surface area contributed by atoms with E-state index in [1.54, 1.807) is 31.2 Å². The van der Waals surface area contributed by atoms with Crippen LogP contribution in [0.5, 0.6) is 0 Å². The molecular weight excluding hydrogens is 305 g/mol. The standard InChI is InChI=1S/C14H14ClF3N2O/c1-3-21-8-20-12(15)11(19-13(20)14(16,17)18)10-6-4-9(2)5-7-10/h4-7H,3,8H2,1-2H3. The van der Waals surface area contributed by atoms with E-state index in [0.29, 0.717) is 5.56 Å². The minimum atomic E-state index is -4.59. The van der Waals surface area contributed by atoms with Crippen molar-refractivity contribution in [1.82, 2.24) is 9.55 Å². The van der Waals surface area contributed by atoms with Gasteiger partial charge >= 0.3 is 6.18 Å². The van der Waals surface area contributed by atoms with E-state index in [2.05, 4.69) is 4.98 Å². The first-order valence-electron chi connectivity index (χ1n) is 6.32. The van der Waals surface area contributed by atoms with Gasteiger partial charge in [0, 0.05) is 12.2 Å². The number of alkyl halides is 3. The maximum atomic E-state index is 13.1. The topological polar surface area (TPSA) is 27.1 Å². The van der Waals surface area contributed by atoms with Crippen LogP contribution in [0.3, 0.4) is 0 Å². The highest BCUT2D eigenvalue weighted by Crippen LogP contribution is 2.36. The molecule has 0 unspecified atom stereocenters. The van der Waals surface area contributed by atoms with Crippen LogP contribution in [-0.2, 0) is 17.6 Å². The zero-order valence-electron chi connectivity index (χ0n) is 11.5. The maximum Gasteiger partial charge on any atom is 0.449 e. The molecule has 0 saturated carbocycles. The molecule has 1 aromatic heterocycles. The Morgan fingerprint density at radius 3 is 2.38 bits per heavy atom. The zero-order chi connectivity index (χ0) is 15.6. The number of nitrogens with zero attached hydrogens (tertiary/aromatic N) is 2. The van der Waals surface area contributed by atoms with E-state index in [-0.39, 0.29) is 24.2 Å². The molecule has 1 heterocycles. The molecule has 2 rings (SSSR count). The average molecular weight is 319 g/mol. The molecule has 3 nitrogen and oxygen atoms in total. The van der Waals surface area contributed by atoms with Gasteiger partial charge in [-0.05, 0) is 13.8 Å². The Kier molecular flexibility index (Phi) is 4.58. The van der Waals surface area contributed by atoms with Crippen LogP contribution in [0, 0.1) is 6.92 Å². The fourth-order valence-electron chi connectivity index (χ4n) is 1.85. The molecule has 0 amide bonds. The van der Waals surface area contributed by atoms with Crippen molar-refractivity contribution in [2.75, 3.05) is 6.61 Å². The molecule has 0 saturated heterocycles. The number of benzene rings is 1. The van der Waals surface area contributed by atoms with Gasteiger partial charge in [0.15, 0.2) is 0 Å². The molecule has 0 fully saturated rings. The number of hydrogen-bond acceptors (Lipinski definition) is 2. The Morgan fingerprint density at radius 1 is 1.24 bits per heavy atom. The molecule has 0 spiro atoms. The smallest absolute Gasteiger partial charge is 0.361 e. The molecule has 0 aliphatic rings. The first-order valence-corrected chi connectivity index (χ1v) is 6.70. The third kappa shape index (κ3) is 3.39. The molecule has 0 atom stereocenters. The van der Waals surface area contributed by atoms with Gasteiger partial charge in [0.2, 0.25) is 5.82 Å². The third-order valence-corrected chi connectivity index (χ3v) is 3.29. The van der Waals surface area contributed by atoms with Crippen LogP contribution in [0.4, 0.5) is 13.2 Å². The summed E-state index contributed by atoms with van der Waals surface area (Å²) in [6.07, 6.45) is -4.59. The number of rotatable bonds is 4. The van der Waals surface area contributed by atoms with Gasteiger partial charge in [-0.2, -0.15) is 13.2 Å². The van der Waals surface area contributed by atoms with Crippen molar-refractivity contribution >= 4 is 11.6 Å². The summed E-state index contributed by atoms with van der Waals surface area (Å²) in [6, 6.07) is 6.96. The van der Waals surface area contributed by atoms with Crippen molar-refractivity contribution in [2.24, 2.45) is 0 Å². The second kappa shape index (κ2) is 6.07. The van der Waals surface area contributed by atoms with Crippen LogP contribution in [0.1, 0.15) is 18.3 Å². The summed E-state index contributed by atoms with van der Waals surface area (Å²) < 4.78 is 45.0. The molecule has 0 bridgehead atoms. The first kappa shape index (κ1) is 15.9. The minimum Gasteiger partial charge on any atom is -0.361 e. The highest BCUT2D eigenvalue weighted by atomic mass is 35.5. The summed E-state index contributed by atoms with van der Waals surface area (Å²) in [4.78, 5) is 3.66. The predicted molar refractivity (Wildman–Crippen MR) is 74.0 cm³/mol. The molecular formula is C14H14ClF3N2O. The second-order valence-corrected chi connectivity index (χ2v) is 4.85. The summed E-state index contributed by atoms with van der Waals surface area (Å²) in [6.45, 7) is 3.58. The quantitative estimate of drug-likeness (QED) is 0.828. The van der Waals surface area contributed by atoms with E-state index >= 15 is 0 Å². The minimum absolute atomic E-state index is 0.0837. The van der Waals surface area contributed by atoms with E-state index in [9.17, 15) is 13.2 Å². The zero-order valence-corrected chi connectivity index (χ0v) is 12.3. The Balaban J connectivity index is 2.52. The maximum absolute atomic E-state index is 13.1. The first-order chi connectivity index (χ1) is 9.84. The van der Waals surface area contributed by atoms with Crippen LogP contribution >= 0.6 is 11.6 Å². The Morgan fingerprint density at radius 2 is 1.86 bits per heavy atom. The van der Waals surface area contributed by atoms with Crippen molar-refractivity contribution in [3.05, 3.63) is 40.8 Å².